The fourth-order valence-electron chi connectivity index (χ4n) is 3.46. The number of hydrogen-bond donors (Lipinski definition) is 2. The molecule has 142 valence electrons. The molecule has 0 saturated carbocycles. The van der Waals surface area contributed by atoms with Crippen molar-refractivity contribution in [1.82, 2.24) is 10.3 Å². The zero-order valence-electron chi connectivity index (χ0n) is 15.8. The molecule has 0 radical (unpaired) electrons. The third-order valence-electron chi connectivity index (χ3n) is 4.93. The van der Waals surface area contributed by atoms with Crippen molar-refractivity contribution in [2.24, 2.45) is 0 Å². The van der Waals surface area contributed by atoms with Crippen molar-refractivity contribution >= 4 is 34.7 Å². The third kappa shape index (κ3) is 4.71. The summed E-state index contributed by atoms with van der Waals surface area (Å²) >= 11 is 0. The van der Waals surface area contributed by atoms with E-state index < -0.39 is 0 Å². The molecule has 0 unspecified atom stereocenters. The van der Waals surface area contributed by atoms with Crippen LogP contribution in [0.15, 0.2) is 48.7 Å². The Morgan fingerprint density at radius 2 is 1.81 bits per heavy atom. The molecule has 4 rings (SSSR count). The summed E-state index contributed by atoms with van der Waals surface area (Å²) in [5, 5.41) is 9.06. The van der Waals surface area contributed by atoms with E-state index in [4.69, 9.17) is 4.74 Å². The summed E-state index contributed by atoms with van der Waals surface area (Å²) in [6.07, 6.45) is 4.35. The number of nitrogens with one attached hydrogen (secondary N) is 2. The van der Waals surface area contributed by atoms with Gasteiger partial charge in [-0.2, -0.15) is 0 Å². The monoisotopic (exact) mass is 383 g/mol. The Balaban J connectivity index is 0.00000210. The Bertz CT molecular complexity index is 923. The van der Waals surface area contributed by atoms with Crippen molar-refractivity contribution < 1.29 is 4.74 Å². The van der Waals surface area contributed by atoms with Gasteiger partial charge in [0.2, 0.25) is 0 Å². The van der Waals surface area contributed by atoms with Crippen LogP contribution in [0, 0.1) is 13.8 Å². The fourth-order valence-corrected chi connectivity index (χ4v) is 3.46. The number of benzene rings is 2. The summed E-state index contributed by atoms with van der Waals surface area (Å²) in [7, 11) is 0. The molecule has 0 aliphatic carbocycles. The quantitative estimate of drug-likeness (QED) is 0.654. The van der Waals surface area contributed by atoms with E-state index in [0.29, 0.717) is 6.10 Å². The molecule has 2 N–H and O–H groups in total. The zero-order valence-corrected chi connectivity index (χ0v) is 16.6. The number of aromatic nitrogens is 1. The number of fused-ring (bicyclic) bond motifs is 1. The average Bonchev–Trinajstić information content (AvgIpc) is 2.65. The number of piperidine rings is 1. The number of nitrogens with zero attached hydrogens (tertiary/aromatic N) is 1. The molecule has 1 aromatic heterocycles. The smallest absolute Gasteiger partial charge is 0.130 e. The molecule has 27 heavy (non-hydrogen) atoms. The fraction of sp³-hybridized carbons (Fsp3) is 0.318. The molecule has 2 heterocycles. The van der Waals surface area contributed by atoms with Crippen molar-refractivity contribution in [3.05, 3.63) is 59.8 Å². The Hall–Kier alpha value is -2.30. The van der Waals surface area contributed by atoms with Gasteiger partial charge < -0.3 is 15.4 Å². The number of pyridine rings is 1. The predicted molar refractivity (Wildman–Crippen MR) is 115 cm³/mol. The Kier molecular flexibility index (Phi) is 6.19. The summed E-state index contributed by atoms with van der Waals surface area (Å²) in [5.41, 5.74) is 3.57. The Morgan fingerprint density at radius 1 is 1.00 bits per heavy atom. The number of hydrogen-bond acceptors (Lipinski definition) is 4. The van der Waals surface area contributed by atoms with Crippen molar-refractivity contribution in [2.75, 3.05) is 18.4 Å². The summed E-state index contributed by atoms with van der Waals surface area (Å²) in [6, 6.07) is 14.7. The lowest BCUT2D eigenvalue weighted by Gasteiger charge is -2.24. The van der Waals surface area contributed by atoms with Gasteiger partial charge >= 0.3 is 0 Å². The number of ether oxygens (including phenoxy) is 1. The zero-order chi connectivity index (χ0) is 17.9. The normalized spacial score (nSPS) is 14.6. The van der Waals surface area contributed by atoms with Gasteiger partial charge in [-0.3, -0.25) is 0 Å². The van der Waals surface area contributed by atoms with Gasteiger partial charge in [-0.15, -0.1) is 12.4 Å². The predicted octanol–water partition coefficient (Wildman–Crippen LogP) is 5.15. The van der Waals surface area contributed by atoms with E-state index in [1.165, 1.54) is 11.1 Å². The number of anilines is 2. The minimum atomic E-state index is 0. The highest BCUT2D eigenvalue weighted by atomic mass is 35.5. The third-order valence-corrected chi connectivity index (χ3v) is 4.93. The van der Waals surface area contributed by atoms with Crippen LogP contribution in [0.4, 0.5) is 11.5 Å². The largest absolute Gasteiger partial charge is 0.490 e. The van der Waals surface area contributed by atoms with Gasteiger partial charge in [-0.25, -0.2) is 4.98 Å². The van der Waals surface area contributed by atoms with E-state index in [1.54, 1.807) is 0 Å². The van der Waals surface area contributed by atoms with Crippen LogP contribution in [-0.4, -0.2) is 24.2 Å². The first kappa shape index (κ1) is 19.5. The van der Waals surface area contributed by atoms with Crippen molar-refractivity contribution in [3.63, 3.8) is 0 Å². The maximum Gasteiger partial charge on any atom is 0.130 e. The van der Waals surface area contributed by atoms with Gasteiger partial charge in [-0.1, -0.05) is 17.7 Å². The van der Waals surface area contributed by atoms with Crippen molar-refractivity contribution in [3.8, 4) is 5.75 Å². The summed E-state index contributed by atoms with van der Waals surface area (Å²) in [4.78, 5) is 4.55. The first-order valence-corrected chi connectivity index (χ1v) is 9.29. The van der Waals surface area contributed by atoms with Gasteiger partial charge in [-0.05, 0) is 81.1 Å². The second-order valence-corrected chi connectivity index (χ2v) is 7.09. The average molecular weight is 384 g/mol. The molecule has 5 heteroatoms. The molecule has 0 amide bonds. The number of rotatable bonds is 4. The van der Waals surface area contributed by atoms with Crippen LogP contribution in [0.3, 0.4) is 0 Å². The molecule has 2 aromatic carbocycles. The maximum absolute atomic E-state index is 6.17. The molecule has 0 spiro atoms. The molecule has 1 saturated heterocycles. The standard InChI is InChI=1S/C22H25N3O.ClH/c1-15-3-6-21(16(2)11-15)25-22-13-18-12-20(5-4-17(18)14-24-22)26-19-7-9-23-10-8-19;/h3-6,11-14,19,23H,7-10H2,1-2H3,(H,24,25);1H. The molecule has 1 fully saturated rings. The van der Waals surface area contributed by atoms with Crippen molar-refractivity contribution in [2.45, 2.75) is 32.8 Å². The summed E-state index contributed by atoms with van der Waals surface area (Å²) in [5.74, 6) is 1.79. The first-order valence-electron chi connectivity index (χ1n) is 9.29. The molecule has 4 nitrogen and oxygen atoms in total. The van der Waals surface area contributed by atoms with Gasteiger partial charge in [0.1, 0.15) is 17.7 Å². The highest BCUT2D eigenvalue weighted by molar-refractivity contribution is 5.86. The van der Waals surface area contributed by atoms with Crippen LogP contribution < -0.4 is 15.4 Å². The maximum atomic E-state index is 6.17. The topological polar surface area (TPSA) is 46.2 Å². The lowest BCUT2D eigenvalue weighted by Crippen LogP contribution is -2.34. The number of aryl methyl sites for hydroxylation is 2. The van der Waals surface area contributed by atoms with E-state index in [0.717, 1.165) is 54.0 Å². The van der Waals surface area contributed by atoms with E-state index in [9.17, 15) is 0 Å². The second-order valence-electron chi connectivity index (χ2n) is 7.09. The summed E-state index contributed by atoms with van der Waals surface area (Å²) in [6.45, 7) is 6.29. The minimum Gasteiger partial charge on any atom is -0.490 e. The summed E-state index contributed by atoms with van der Waals surface area (Å²) < 4.78 is 6.17. The Labute approximate surface area is 166 Å². The van der Waals surface area contributed by atoms with Crippen LogP contribution in [0.5, 0.6) is 5.75 Å². The van der Waals surface area contributed by atoms with Gasteiger partial charge in [0.25, 0.3) is 0 Å². The van der Waals surface area contributed by atoms with E-state index in [-0.39, 0.29) is 12.4 Å². The van der Waals surface area contributed by atoms with Crippen molar-refractivity contribution in [1.29, 1.82) is 0 Å². The lowest BCUT2D eigenvalue weighted by atomic mass is 10.1. The van der Waals surface area contributed by atoms with Crippen LogP contribution in [0.25, 0.3) is 10.8 Å². The van der Waals surface area contributed by atoms with Gasteiger partial charge in [0.05, 0.1) is 0 Å². The van der Waals surface area contributed by atoms with Crippen LogP contribution >= 0.6 is 12.4 Å². The minimum absolute atomic E-state index is 0. The van der Waals surface area contributed by atoms with Gasteiger partial charge in [0, 0.05) is 17.3 Å². The Morgan fingerprint density at radius 3 is 2.59 bits per heavy atom. The van der Waals surface area contributed by atoms with E-state index in [2.05, 4.69) is 65.9 Å². The highest BCUT2D eigenvalue weighted by Gasteiger charge is 2.14. The van der Waals surface area contributed by atoms with E-state index in [1.807, 2.05) is 12.3 Å². The molecule has 1 aliphatic rings. The van der Waals surface area contributed by atoms with Crippen LogP contribution in [0.1, 0.15) is 24.0 Å². The molecule has 1 aliphatic heterocycles. The molecular weight excluding hydrogens is 358 g/mol. The second kappa shape index (κ2) is 8.59. The van der Waals surface area contributed by atoms with Crippen LogP contribution in [0.2, 0.25) is 0 Å². The molecule has 0 atom stereocenters. The number of halogens is 1. The highest BCUT2D eigenvalue weighted by Crippen LogP contribution is 2.26. The first-order chi connectivity index (χ1) is 12.7. The van der Waals surface area contributed by atoms with E-state index >= 15 is 0 Å². The molecule has 3 aromatic rings. The lowest BCUT2D eigenvalue weighted by molar-refractivity contribution is 0.162. The molecular formula is C22H26ClN3O. The molecule has 0 bridgehead atoms. The van der Waals surface area contributed by atoms with Gasteiger partial charge in [0.15, 0.2) is 0 Å². The van der Waals surface area contributed by atoms with Crippen LogP contribution in [-0.2, 0) is 0 Å². The SMILES string of the molecule is Cc1ccc(Nc2cc3cc(OC4CCNCC4)ccc3cn2)c(C)c1.Cl.